The van der Waals surface area contributed by atoms with Crippen LogP contribution in [0.4, 0.5) is 0 Å². The standard InChI is InChI=1S/C20H32O2/c1-19-8-7-17-16(18(19)11-14(21)12-19)5-4-13-10-15(22-3)6-9-20(13,17)2/h4,14-18,21H,5-12H2,1-3H3/t14-,15-,16-,17-,18-,19-,20+/m0/s1. The molecule has 0 spiro atoms. The van der Waals surface area contributed by atoms with Gasteiger partial charge < -0.3 is 9.84 Å². The molecule has 0 bridgehead atoms. The largest absolute Gasteiger partial charge is 0.393 e. The average molecular weight is 304 g/mol. The van der Waals surface area contributed by atoms with Crippen molar-refractivity contribution < 1.29 is 9.84 Å². The highest BCUT2D eigenvalue weighted by molar-refractivity contribution is 5.25. The van der Waals surface area contributed by atoms with Crippen LogP contribution in [0.15, 0.2) is 11.6 Å². The number of allylic oxidation sites excluding steroid dienone is 1. The lowest BCUT2D eigenvalue weighted by Crippen LogP contribution is -2.49. The fourth-order valence-electron chi connectivity index (χ4n) is 6.85. The predicted molar refractivity (Wildman–Crippen MR) is 88.5 cm³/mol. The number of hydrogen-bond donors (Lipinski definition) is 1. The highest BCUT2D eigenvalue weighted by atomic mass is 16.5. The highest BCUT2D eigenvalue weighted by Crippen LogP contribution is 2.64. The van der Waals surface area contributed by atoms with Crippen LogP contribution in [0.5, 0.6) is 0 Å². The molecule has 4 aliphatic rings. The number of aliphatic hydroxyl groups excluding tert-OH is 1. The summed E-state index contributed by atoms with van der Waals surface area (Å²) in [6, 6.07) is 0. The number of methoxy groups -OCH3 is 1. The Balaban J connectivity index is 1.64. The second-order valence-corrected chi connectivity index (χ2v) is 9.15. The summed E-state index contributed by atoms with van der Waals surface area (Å²) >= 11 is 0. The van der Waals surface area contributed by atoms with Gasteiger partial charge in [-0.2, -0.15) is 0 Å². The van der Waals surface area contributed by atoms with Crippen LogP contribution in [0.3, 0.4) is 0 Å². The van der Waals surface area contributed by atoms with E-state index in [2.05, 4.69) is 19.9 Å². The lowest BCUT2D eigenvalue weighted by atomic mass is 9.48. The first-order valence-electron chi connectivity index (χ1n) is 9.37. The number of rotatable bonds is 1. The van der Waals surface area contributed by atoms with E-state index in [1.807, 2.05) is 7.11 Å². The van der Waals surface area contributed by atoms with Crippen molar-refractivity contribution in [2.45, 2.75) is 77.4 Å². The van der Waals surface area contributed by atoms with Crippen LogP contribution in [0.2, 0.25) is 0 Å². The van der Waals surface area contributed by atoms with Gasteiger partial charge in [0.1, 0.15) is 0 Å². The highest BCUT2D eigenvalue weighted by Gasteiger charge is 2.57. The van der Waals surface area contributed by atoms with Gasteiger partial charge in [-0.15, -0.1) is 0 Å². The van der Waals surface area contributed by atoms with Crippen LogP contribution in [0.25, 0.3) is 0 Å². The van der Waals surface area contributed by atoms with Gasteiger partial charge in [-0.3, -0.25) is 0 Å². The maximum atomic E-state index is 10.2. The van der Waals surface area contributed by atoms with Gasteiger partial charge in [0, 0.05) is 7.11 Å². The van der Waals surface area contributed by atoms with Crippen molar-refractivity contribution in [3.63, 3.8) is 0 Å². The van der Waals surface area contributed by atoms with Gasteiger partial charge >= 0.3 is 0 Å². The lowest BCUT2D eigenvalue weighted by Gasteiger charge is -2.57. The third kappa shape index (κ3) is 2.06. The van der Waals surface area contributed by atoms with Crippen LogP contribution in [0, 0.1) is 28.6 Å². The Labute approximate surface area is 135 Å². The maximum absolute atomic E-state index is 10.2. The van der Waals surface area contributed by atoms with Crippen LogP contribution < -0.4 is 0 Å². The molecule has 0 unspecified atom stereocenters. The molecule has 0 radical (unpaired) electrons. The molecule has 0 aromatic heterocycles. The van der Waals surface area contributed by atoms with Gasteiger partial charge in [0.05, 0.1) is 12.2 Å². The molecule has 3 saturated carbocycles. The first kappa shape index (κ1) is 15.2. The van der Waals surface area contributed by atoms with E-state index in [1.165, 1.54) is 32.1 Å². The Morgan fingerprint density at radius 3 is 2.77 bits per heavy atom. The predicted octanol–water partition coefficient (Wildman–Crippen LogP) is 4.33. The van der Waals surface area contributed by atoms with Crippen molar-refractivity contribution >= 4 is 0 Å². The Morgan fingerprint density at radius 1 is 1.18 bits per heavy atom. The lowest BCUT2D eigenvalue weighted by molar-refractivity contribution is -0.0409. The molecular weight excluding hydrogens is 272 g/mol. The zero-order valence-electron chi connectivity index (χ0n) is 14.5. The first-order chi connectivity index (χ1) is 10.5. The van der Waals surface area contributed by atoms with Crippen LogP contribution in [-0.4, -0.2) is 24.4 Å². The van der Waals surface area contributed by atoms with Gasteiger partial charge in [-0.1, -0.05) is 25.5 Å². The van der Waals surface area contributed by atoms with Crippen molar-refractivity contribution in [3.8, 4) is 0 Å². The summed E-state index contributed by atoms with van der Waals surface area (Å²) in [7, 11) is 1.87. The molecule has 4 rings (SSSR count). The van der Waals surface area contributed by atoms with Crippen molar-refractivity contribution in [1.82, 2.24) is 0 Å². The quantitative estimate of drug-likeness (QED) is 0.731. The molecule has 1 N–H and O–H groups in total. The van der Waals surface area contributed by atoms with E-state index >= 15 is 0 Å². The molecule has 7 atom stereocenters. The summed E-state index contributed by atoms with van der Waals surface area (Å²) in [4.78, 5) is 0. The van der Waals surface area contributed by atoms with E-state index < -0.39 is 0 Å². The zero-order valence-corrected chi connectivity index (χ0v) is 14.5. The van der Waals surface area contributed by atoms with Crippen molar-refractivity contribution in [1.29, 1.82) is 0 Å². The molecular formula is C20H32O2. The van der Waals surface area contributed by atoms with E-state index in [9.17, 15) is 5.11 Å². The van der Waals surface area contributed by atoms with E-state index in [-0.39, 0.29) is 6.10 Å². The zero-order chi connectivity index (χ0) is 15.5. The molecule has 0 aromatic rings. The Morgan fingerprint density at radius 2 is 2.00 bits per heavy atom. The summed E-state index contributed by atoms with van der Waals surface area (Å²) in [5.74, 6) is 2.40. The number of aliphatic hydroxyl groups is 1. The van der Waals surface area contributed by atoms with Gasteiger partial charge in [0.25, 0.3) is 0 Å². The summed E-state index contributed by atoms with van der Waals surface area (Å²) in [5.41, 5.74) is 2.51. The summed E-state index contributed by atoms with van der Waals surface area (Å²) < 4.78 is 5.65. The molecule has 0 amide bonds. The van der Waals surface area contributed by atoms with E-state index in [0.29, 0.717) is 16.9 Å². The normalized spacial score (nSPS) is 54.2. The second-order valence-electron chi connectivity index (χ2n) is 9.15. The summed E-state index contributed by atoms with van der Waals surface area (Å²) in [6.07, 6.45) is 12.7. The minimum Gasteiger partial charge on any atom is -0.393 e. The van der Waals surface area contributed by atoms with E-state index in [0.717, 1.165) is 37.0 Å². The third-order valence-corrected chi connectivity index (χ3v) is 8.14. The molecule has 124 valence electrons. The van der Waals surface area contributed by atoms with E-state index in [1.54, 1.807) is 5.57 Å². The maximum Gasteiger partial charge on any atom is 0.0608 e. The van der Waals surface area contributed by atoms with Crippen LogP contribution in [0.1, 0.15) is 65.2 Å². The molecule has 0 saturated heterocycles. The molecule has 2 nitrogen and oxygen atoms in total. The molecule has 22 heavy (non-hydrogen) atoms. The van der Waals surface area contributed by atoms with Gasteiger partial charge in [-0.05, 0) is 80.0 Å². The monoisotopic (exact) mass is 304 g/mol. The molecule has 3 fully saturated rings. The smallest absolute Gasteiger partial charge is 0.0608 e. The fourth-order valence-corrected chi connectivity index (χ4v) is 6.85. The SMILES string of the molecule is CO[C@H]1CC[C@]2(C)C(=CC[C@@H]3[C@@H]4C[C@H](O)C[C@]4(C)CC[C@@H]32)C1. The van der Waals surface area contributed by atoms with Crippen LogP contribution in [-0.2, 0) is 4.74 Å². The number of hydrogen-bond acceptors (Lipinski definition) is 2. The van der Waals surface area contributed by atoms with Crippen molar-refractivity contribution in [2.75, 3.05) is 7.11 Å². The Kier molecular flexibility index (Phi) is 3.51. The Hall–Kier alpha value is -0.340. The fraction of sp³-hybridized carbons (Fsp3) is 0.900. The molecule has 0 aliphatic heterocycles. The summed E-state index contributed by atoms with van der Waals surface area (Å²) in [6.45, 7) is 4.99. The molecule has 0 aromatic carbocycles. The van der Waals surface area contributed by atoms with Crippen molar-refractivity contribution in [3.05, 3.63) is 11.6 Å². The van der Waals surface area contributed by atoms with Crippen molar-refractivity contribution in [2.24, 2.45) is 28.6 Å². The topological polar surface area (TPSA) is 29.5 Å². The molecule has 2 heteroatoms. The molecule has 0 heterocycles. The van der Waals surface area contributed by atoms with Crippen LogP contribution >= 0.6 is 0 Å². The Bertz CT molecular complexity index is 484. The first-order valence-corrected chi connectivity index (χ1v) is 9.37. The van der Waals surface area contributed by atoms with Gasteiger partial charge in [0.15, 0.2) is 0 Å². The minimum atomic E-state index is -0.0452. The summed E-state index contributed by atoms with van der Waals surface area (Å²) in [5, 5.41) is 10.2. The number of ether oxygens (including phenoxy) is 1. The van der Waals surface area contributed by atoms with E-state index in [4.69, 9.17) is 4.74 Å². The second kappa shape index (κ2) is 5.08. The number of fused-ring (bicyclic) bond motifs is 5. The van der Waals surface area contributed by atoms with Gasteiger partial charge in [-0.25, -0.2) is 0 Å². The van der Waals surface area contributed by atoms with Gasteiger partial charge in [0.2, 0.25) is 0 Å². The third-order valence-electron chi connectivity index (χ3n) is 8.14. The molecule has 4 aliphatic carbocycles. The minimum absolute atomic E-state index is 0.0452. The average Bonchev–Trinajstić information content (AvgIpc) is 2.80.